The largest absolute Gasteiger partial charge is 0.508 e. The molecule has 1 aromatic carbocycles. The van der Waals surface area contributed by atoms with Gasteiger partial charge in [0.05, 0.1) is 0 Å². The number of benzene rings is 1. The molecule has 94 valence electrons. The molecule has 0 spiro atoms. The maximum atomic E-state index is 9.79. The summed E-state index contributed by atoms with van der Waals surface area (Å²) in [5.41, 5.74) is 0.911. The van der Waals surface area contributed by atoms with Crippen LogP contribution in [0.25, 0.3) is 0 Å². The van der Waals surface area contributed by atoms with E-state index in [9.17, 15) is 5.11 Å². The van der Waals surface area contributed by atoms with E-state index in [-0.39, 0.29) is 0 Å². The van der Waals surface area contributed by atoms with Crippen molar-refractivity contribution >= 4 is 11.6 Å². The Morgan fingerprint density at radius 1 is 1.53 bits per heavy atom. The highest BCUT2D eigenvalue weighted by Gasteiger charge is 2.18. The lowest BCUT2D eigenvalue weighted by molar-refractivity contribution is 0.188. The summed E-state index contributed by atoms with van der Waals surface area (Å²) < 4.78 is 0. The molecule has 0 amide bonds. The number of hydrogen-bond acceptors (Lipinski definition) is 3. The normalized spacial score (nSPS) is 21.6. The second kappa shape index (κ2) is 5.71. The van der Waals surface area contributed by atoms with Crippen molar-refractivity contribution in [2.45, 2.75) is 25.9 Å². The summed E-state index contributed by atoms with van der Waals surface area (Å²) in [5.74, 6) is 0.334. The maximum absolute atomic E-state index is 9.79. The van der Waals surface area contributed by atoms with Crippen LogP contribution in [0.3, 0.4) is 0 Å². The van der Waals surface area contributed by atoms with Crippen LogP contribution in [-0.2, 0) is 6.54 Å². The average molecular weight is 255 g/mol. The van der Waals surface area contributed by atoms with Crippen molar-refractivity contribution in [1.29, 1.82) is 0 Å². The van der Waals surface area contributed by atoms with Gasteiger partial charge in [-0.15, -0.1) is 0 Å². The molecule has 1 fully saturated rings. The molecule has 1 aliphatic heterocycles. The average Bonchev–Trinajstić information content (AvgIpc) is 2.34. The molecule has 1 aliphatic rings. The van der Waals surface area contributed by atoms with Crippen molar-refractivity contribution in [3.8, 4) is 5.75 Å². The maximum Gasteiger partial charge on any atom is 0.120 e. The number of phenols is 1. The van der Waals surface area contributed by atoms with Crippen molar-refractivity contribution < 1.29 is 5.11 Å². The van der Waals surface area contributed by atoms with Crippen LogP contribution in [0.2, 0.25) is 5.02 Å². The lowest BCUT2D eigenvalue weighted by atomic mass is 10.1. The minimum Gasteiger partial charge on any atom is -0.508 e. The number of rotatable bonds is 3. The molecule has 0 aromatic heterocycles. The van der Waals surface area contributed by atoms with Crippen LogP contribution in [0.1, 0.15) is 18.9 Å². The lowest BCUT2D eigenvalue weighted by Crippen LogP contribution is -2.49. The van der Waals surface area contributed by atoms with Crippen LogP contribution in [0.15, 0.2) is 18.2 Å². The zero-order chi connectivity index (χ0) is 12.3. The van der Waals surface area contributed by atoms with Gasteiger partial charge in [0.25, 0.3) is 0 Å². The number of piperazine rings is 1. The van der Waals surface area contributed by atoms with Crippen molar-refractivity contribution in [1.82, 2.24) is 10.2 Å². The van der Waals surface area contributed by atoms with Gasteiger partial charge in [-0.2, -0.15) is 0 Å². The number of phenolic OH excluding ortho intramolecular Hbond substituents is 1. The van der Waals surface area contributed by atoms with Crippen LogP contribution in [-0.4, -0.2) is 35.7 Å². The fourth-order valence-electron chi connectivity index (χ4n) is 2.23. The van der Waals surface area contributed by atoms with E-state index >= 15 is 0 Å². The van der Waals surface area contributed by atoms with E-state index < -0.39 is 0 Å². The molecule has 3 nitrogen and oxygen atoms in total. The quantitative estimate of drug-likeness (QED) is 0.868. The van der Waals surface area contributed by atoms with E-state index in [1.165, 1.54) is 0 Å². The van der Waals surface area contributed by atoms with Crippen LogP contribution in [0.4, 0.5) is 0 Å². The SMILES string of the molecule is CC[C@H]1CN(Cc2cc(Cl)ccc2O)CCN1. The van der Waals surface area contributed by atoms with E-state index in [0.717, 1.165) is 38.2 Å². The molecular weight excluding hydrogens is 236 g/mol. The van der Waals surface area contributed by atoms with Crippen molar-refractivity contribution in [2.24, 2.45) is 0 Å². The Kier molecular flexibility index (Phi) is 4.26. The third-order valence-corrected chi connectivity index (χ3v) is 3.50. The summed E-state index contributed by atoms with van der Waals surface area (Å²) in [7, 11) is 0. The Morgan fingerprint density at radius 2 is 2.35 bits per heavy atom. The Labute approximate surface area is 107 Å². The van der Waals surface area contributed by atoms with Crippen LogP contribution in [0.5, 0.6) is 5.75 Å². The standard InChI is InChI=1S/C13H19ClN2O/c1-2-12-9-16(6-5-15-12)8-10-7-11(14)3-4-13(10)17/h3-4,7,12,15,17H,2,5-6,8-9H2,1H3/t12-/m0/s1. The highest BCUT2D eigenvalue weighted by molar-refractivity contribution is 6.30. The Hall–Kier alpha value is -0.770. The van der Waals surface area contributed by atoms with Crippen LogP contribution >= 0.6 is 11.6 Å². The van der Waals surface area contributed by atoms with Crippen molar-refractivity contribution in [3.63, 3.8) is 0 Å². The van der Waals surface area contributed by atoms with E-state index in [2.05, 4.69) is 17.1 Å². The molecule has 0 saturated carbocycles. The van der Waals surface area contributed by atoms with Gasteiger partial charge in [0.1, 0.15) is 5.75 Å². The van der Waals surface area contributed by atoms with Crippen molar-refractivity contribution in [3.05, 3.63) is 28.8 Å². The molecule has 1 atom stereocenters. The molecule has 0 radical (unpaired) electrons. The summed E-state index contributed by atoms with van der Waals surface area (Å²) in [6.45, 7) is 6.02. The summed E-state index contributed by atoms with van der Waals surface area (Å²) in [5, 5.41) is 13.9. The van der Waals surface area contributed by atoms with Crippen molar-refractivity contribution in [2.75, 3.05) is 19.6 Å². The van der Waals surface area contributed by atoms with Gasteiger partial charge in [-0.25, -0.2) is 0 Å². The van der Waals surface area contributed by atoms with Crippen LogP contribution in [0, 0.1) is 0 Å². The molecule has 2 N–H and O–H groups in total. The molecule has 1 aromatic rings. The molecule has 0 aliphatic carbocycles. The number of nitrogens with zero attached hydrogens (tertiary/aromatic N) is 1. The molecule has 1 saturated heterocycles. The summed E-state index contributed by atoms with van der Waals surface area (Å²) >= 11 is 5.95. The van der Waals surface area contributed by atoms with E-state index in [1.807, 2.05) is 6.07 Å². The molecular formula is C13H19ClN2O. The zero-order valence-electron chi connectivity index (χ0n) is 10.1. The zero-order valence-corrected chi connectivity index (χ0v) is 10.9. The van der Waals surface area contributed by atoms with Gasteiger partial charge < -0.3 is 10.4 Å². The number of aromatic hydroxyl groups is 1. The summed E-state index contributed by atoms with van der Waals surface area (Å²) in [6.07, 6.45) is 1.14. The first kappa shape index (κ1) is 12.7. The Balaban J connectivity index is 2.02. The first-order valence-electron chi connectivity index (χ1n) is 6.12. The minimum absolute atomic E-state index is 0.334. The number of hydrogen-bond donors (Lipinski definition) is 2. The topological polar surface area (TPSA) is 35.5 Å². The first-order valence-corrected chi connectivity index (χ1v) is 6.50. The molecule has 0 bridgehead atoms. The van der Waals surface area contributed by atoms with Gasteiger partial charge in [-0.3, -0.25) is 4.90 Å². The molecule has 4 heteroatoms. The predicted molar refractivity (Wildman–Crippen MR) is 70.5 cm³/mol. The lowest BCUT2D eigenvalue weighted by Gasteiger charge is -2.33. The summed E-state index contributed by atoms with van der Waals surface area (Å²) in [4.78, 5) is 2.36. The molecule has 1 heterocycles. The van der Waals surface area contributed by atoms with E-state index in [4.69, 9.17) is 11.6 Å². The van der Waals surface area contributed by atoms with Gasteiger partial charge in [0.15, 0.2) is 0 Å². The molecule has 2 rings (SSSR count). The second-order valence-corrected chi connectivity index (χ2v) is 5.00. The van der Waals surface area contributed by atoms with E-state index in [0.29, 0.717) is 16.8 Å². The predicted octanol–water partition coefficient (Wildman–Crippen LogP) is 2.23. The monoisotopic (exact) mass is 254 g/mol. The highest BCUT2D eigenvalue weighted by Crippen LogP contribution is 2.23. The van der Waals surface area contributed by atoms with Gasteiger partial charge in [0.2, 0.25) is 0 Å². The van der Waals surface area contributed by atoms with Gasteiger partial charge in [-0.05, 0) is 24.6 Å². The third kappa shape index (κ3) is 3.35. The Bertz CT molecular complexity index is 384. The minimum atomic E-state index is 0.334. The molecule has 17 heavy (non-hydrogen) atoms. The third-order valence-electron chi connectivity index (χ3n) is 3.27. The fraction of sp³-hybridized carbons (Fsp3) is 0.538. The molecule has 0 unspecified atom stereocenters. The van der Waals surface area contributed by atoms with Crippen LogP contribution < -0.4 is 5.32 Å². The van der Waals surface area contributed by atoms with Gasteiger partial charge in [-0.1, -0.05) is 18.5 Å². The number of nitrogens with one attached hydrogen (secondary N) is 1. The smallest absolute Gasteiger partial charge is 0.120 e. The van der Waals surface area contributed by atoms with Gasteiger partial charge >= 0.3 is 0 Å². The summed E-state index contributed by atoms with van der Waals surface area (Å²) in [6, 6.07) is 5.79. The second-order valence-electron chi connectivity index (χ2n) is 4.57. The van der Waals surface area contributed by atoms with E-state index in [1.54, 1.807) is 12.1 Å². The van der Waals surface area contributed by atoms with Gasteiger partial charge in [0, 0.05) is 42.8 Å². The fourth-order valence-corrected chi connectivity index (χ4v) is 2.43. The number of halogens is 1. The highest BCUT2D eigenvalue weighted by atomic mass is 35.5. The first-order chi connectivity index (χ1) is 8.19. The Morgan fingerprint density at radius 3 is 3.12 bits per heavy atom.